The van der Waals surface area contributed by atoms with Crippen LogP contribution in [0.15, 0.2) is 85.2 Å². The molecule has 2 aromatic heterocycles. The number of benzene rings is 3. The fourth-order valence-electron chi connectivity index (χ4n) is 7.03. The molecule has 0 spiro atoms. The van der Waals surface area contributed by atoms with Crippen LogP contribution in [-0.2, 0) is 40.8 Å². The predicted octanol–water partition coefficient (Wildman–Crippen LogP) is 0.180. The first kappa shape index (κ1) is 56.4. The number of phenolic OH excluding ortho intramolecular Hbond substituents is 1. The van der Waals surface area contributed by atoms with Crippen molar-refractivity contribution in [3.8, 4) is 28.0 Å². The molecule has 0 aliphatic heterocycles. The van der Waals surface area contributed by atoms with Crippen molar-refractivity contribution in [3.05, 3.63) is 113 Å². The summed E-state index contributed by atoms with van der Waals surface area (Å²) in [6.45, 7) is 24.4. The van der Waals surface area contributed by atoms with E-state index in [1.165, 1.54) is 33.6 Å². The van der Waals surface area contributed by atoms with E-state index < -0.39 is 0 Å². The van der Waals surface area contributed by atoms with E-state index in [0.29, 0.717) is 0 Å². The molecule has 5 nitrogen and oxygen atoms in total. The summed E-state index contributed by atoms with van der Waals surface area (Å²) >= 11 is 0. The first-order valence-corrected chi connectivity index (χ1v) is 18.1. The summed E-state index contributed by atoms with van der Waals surface area (Å²) in [6, 6.07) is 25.2. The third-order valence-corrected chi connectivity index (χ3v) is 9.63. The Morgan fingerprint density at radius 3 is 1.05 bits per heavy atom. The van der Waals surface area contributed by atoms with Crippen molar-refractivity contribution in [2.24, 2.45) is 0 Å². The second kappa shape index (κ2) is 25.1. The topological polar surface area (TPSA) is 52.0 Å². The second-order valence-corrected chi connectivity index (χ2v) is 14.4. The Kier molecular flexibility index (Phi) is 25.3. The van der Waals surface area contributed by atoms with Crippen molar-refractivity contribution < 1.29 is 114 Å². The quantitative estimate of drug-likeness (QED) is 0.124. The molecule has 3 aromatic carbocycles. The molecule has 0 amide bonds. The molecule has 11 heteroatoms. The Morgan fingerprint density at radius 2 is 0.821 bits per heavy atom. The molecule has 2 heterocycles. The number of pyridine rings is 2. The van der Waals surface area contributed by atoms with Crippen molar-refractivity contribution in [2.45, 2.75) is 99.8 Å². The molecule has 56 heavy (non-hydrogen) atoms. The number of hydrogen-bond acceptors (Lipinski definition) is 3. The number of hydrogen-bond donors (Lipinski definition) is 1. The van der Waals surface area contributed by atoms with Crippen LogP contribution in [-0.4, -0.2) is 27.5 Å². The summed E-state index contributed by atoms with van der Waals surface area (Å²) < 4.78 is 4.44. The van der Waals surface area contributed by atoms with Gasteiger partial charge >= 0.3 is 11.6 Å². The molecule has 0 saturated carbocycles. The molecule has 0 fully saturated rings. The smallest absolute Gasteiger partial charge is 0.327 e. The van der Waals surface area contributed by atoms with E-state index in [9.17, 15) is 5.11 Å². The van der Waals surface area contributed by atoms with Crippen LogP contribution >= 0.6 is 0 Å². The maximum absolute atomic E-state index is 11.4. The third-order valence-electron chi connectivity index (χ3n) is 9.63. The monoisotopic (exact) mass is 1190 g/mol. The largest absolute Gasteiger partial charge is 1.00 e. The van der Waals surface area contributed by atoms with Crippen LogP contribution in [0, 0.1) is 6.92 Å². The molecule has 0 radical (unpaired) electrons. The van der Waals surface area contributed by atoms with E-state index >= 15 is 0 Å². The zero-order valence-electron chi connectivity index (χ0n) is 33.9. The van der Waals surface area contributed by atoms with Crippen molar-refractivity contribution in [1.29, 1.82) is 0 Å². The van der Waals surface area contributed by atoms with Gasteiger partial charge in [-0.1, -0.05) is 67.5 Å². The molecule has 0 atom stereocenters. The molecule has 1 N–H and O–H groups in total. The van der Waals surface area contributed by atoms with Crippen LogP contribution in [0.1, 0.15) is 121 Å². The molecular weight excluding hydrogens is 1140 g/mol. The maximum Gasteiger partial charge on any atom is 0.327 e. The average Bonchev–Trinajstić information content (AvgIpc) is 3.10. The average molecular weight is 1200 g/mol. The van der Waals surface area contributed by atoms with Gasteiger partial charge in [0, 0.05) is 75.2 Å². The third kappa shape index (κ3) is 12.2. The SMILES string of the molecule is CC=[N+](c1ccccn1)c1c(C(C)C)cc(-c2cc(O)cc(-c3cc(C(C)C)c([N+](=CC)c4ccccn4)c(C(C)C)c3)c2C)cc1C(C)C.[Br-].[Br-].[Br-].[Br-].[Pd].[Pd]. The van der Waals surface area contributed by atoms with Gasteiger partial charge in [0.25, 0.3) is 0 Å². The Labute approximate surface area is 405 Å². The zero-order chi connectivity index (χ0) is 36.3. The number of aromatic nitrogens is 2. The Morgan fingerprint density at radius 1 is 0.518 bits per heavy atom. The fraction of sp³-hybridized carbons (Fsp3) is 0.333. The van der Waals surface area contributed by atoms with E-state index in [-0.39, 0.29) is 138 Å². The predicted molar refractivity (Wildman–Crippen MR) is 215 cm³/mol. The van der Waals surface area contributed by atoms with E-state index in [1.807, 2.05) is 48.8 Å². The number of nitrogens with zero attached hydrogens (tertiary/aromatic N) is 4. The van der Waals surface area contributed by atoms with E-state index in [2.05, 4.69) is 134 Å². The minimum Gasteiger partial charge on any atom is -1.00 e. The summed E-state index contributed by atoms with van der Waals surface area (Å²) in [5, 5.41) is 11.4. The van der Waals surface area contributed by atoms with Crippen molar-refractivity contribution >= 4 is 35.4 Å². The number of halogens is 4. The van der Waals surface area contributed by atoms with Gasteiger partial charge in [0.1, 0.15) is 29.5 Å². The molecule has 5 aromatic rings. The number of aromatic hydroxyl groups is 1. The van der Waals surface area contributed by atoms with Gasteiger partial charge in [0.15, 0.2) is 0 Å². The first-order chi connectivity index (χ1) is 23.9. The zero-order valence-corrected chi connectivity index (χ0v) is 43.4. The molecule has 0 aliphatic carbocycles. The normalized spacial score (nSPS) is 11.2. The van der Waals surface area contributed by atoms with Crippen LogP contribution in [0.4, 0.5) is 23.0 Å². The van der Waals surface area contributed by atoms with Crippen molar-refractivity contribution in [2.75, 3.05) is 0 Å². The minimum atomic E-state index is 0. The van der Waals surface area contributed by atoms with Gasteiger partial charge in [0.05, 0.1) is 12.4 Å². The van der Waals surface area contributed by atoms with Crippen LogP contribution in [0.2, 0.25) is 0 Å². The van der Waals surface area contributed by atoms with Gasteiger partial charge in [-0.05, 0) is 131 Å². The summed E-state index contributed by atoms with van der Waals surface area (Å²) in [6.07, 6.45) is 7.92. The van der Waals surface area contributed by atoms with Crippen LogP contribution < -0.4 is 77.1 Å². The summed E-state index contributed by atoms with van der Waals surface area (Å²) in [5.41, 5.74) is 12.8. The molecule has 0 bridgehead atoms. The van der Waals surface area contributed by atoms with Crippen LogP contribution in [0.25, 0.3) is 22.3 Å². The Hall–Kier alpha value is -1.66. The van der Waals surface area contributed by atoms with E-state index in [4.69, 9.17) is 9.97 Å². The summed E-state index contributed by atoms with van der Waals surface area (Å²) in [7, 11) is 0. The first-order valence-electron chi connectivity index (χ1n) is 18.1. The van der Waals surface area contributed by atoms with Gasteiger partial charge in [-0.3, -0.25) is 0 Å². The Balaban J connectivity index is 0. The molecule has 0 unspecified atom stereocenters. The van der Waals surface area contributed by atoms with Gasteiger partial charge < -0.3 is 73.0 Å². The van der Waals surface area contributed by atoms with Crippen LogP contribution in [0.5, 0.6) is 5.75 Å². The summed E-state index contributed by atoms with van der Waals surface area (Å²) in [5.74, 6) is 3.11. The van der Waals surface area contributed by atoms with Gasteiger partial charge in [-0.2, -0.15) is 0 Å². The maximum atomic E-state index is 11.4. The Bertz CT molecular complexity index is 1870. The van der Waals surface area contributed by atoms with Crippen LogP contribution in [0.3, 0.4) is 0 Å². The van der Waals surface area contributed by atoms with Gasteiger partial charge in [-0.15, -0.1) is 0 Å². The molecule has 0 aliphatic rings. The summed E-state index contributed by atoms with van der Waals surface area (Å²) in [4.78, 5) is 9.42. The molecule has 5 rings (SSSR count). The molecule has 310 valence electrons. The molecule has 0 saturated heterocycles. The van der Waals surface area contributed by atoms with Gasteiger partial charge in [0.2, 0.25) is 0 Å². The fourth-order valence-corrected chi connectivity index (χ4v) is 7.03. The second-order valence-electron chi connectivity index (χ2n) is 14.4. The standard InChI is InChI=1S/C45H53N4O.4BrH.2Pd/c1-12-48(42-18-14-16-20-46-42)44-36(28(3)4)22-33(23-37(44)29(5)6)40-26-35(50)27-41(32(40)11)34-24-38(30(7)8)45(39(25-34)31(9)10)49(13-2)43-19-15-17-21-47-43;;;;;;/h12-31H,1-11H3;4*1H;;/q+1;;;;;;/p-3. The van der Waals surface area contributed by atoms with Crippen molar-refractivity contribution in [1.82, 2.24) is 19.1 Å². The van der Waals surface area contributed by atoms with E-state index in [0.717, 1.165) is 39.5 Å². The molecular formula is C45H54Br4N4OPd2-2. The number of rotatable bonds is 10. The number of phenols is 1. The van der Waals surface area contributed by atoms with Crippen molar-refractivity contribution in [3.63, 3.8) is 0 Å². The van der Waals surface area contributed by atoms with Gasteiger partial charge in [-0.25, -0.2) is 9.15 Å². The minimum absolute atomic E-state index is 0. The van der Waals surface area contributed by atoms with E-state index in [1.54, 1.807) is 0 Å².